The fourth-order valence-corrected chi connectivity index (χ4v) is 1.48. The first-order valence-corrected chi connectivity index (χ1v) is 6.61. The number of carbonyl (C=O) groups excluding carboxylic acids is 1. The maximum Gasteiger partial charge on any atom is 0.254 e. The van der Waals surface area contributed by atoms with Gasteiger partial charge in [-0.3, -0.25) is 4.79 Å². The number of aromatic nitrogens is 2. The van der Waals surface area contributed by atoms with E-state index < -0.39 is 0 Å². The number of methoxy groups -OCH3 is 1. The second-order valence-corrected chi connectivity index (χ2v) is 4.18. The van der Waals surface area contributed by atoms with Crippen LogP contribution in [0.2, 0.25) is 0 Å². The smallest absolute Gasteiger partial charge is 0.254 e. The Morgan fingerprint density at radius 2 is 2.00 bits per heavy atom. The number of rotatable bonds is 9. The monoisotopic (exact) mass is 266 g/mol. The van der Waals surface area contributed by atoms with Crippen molar-refractivity contribution in [2.24, 2.45) is 0 Å². The van der Waals surface area contributed by atoms with E-state index in [1.807, 2.05) is 0 Å². The summed E-state index contributed by atoms with van der Waals surface area (Å²) in [6, 6.07) is 0. The molecule has 0 saturated carbocycles. The predicted molar refractivity (Wildman–Crippen MR) is 74.3 cm³/mol. The molecule has 0 spiro atoms. The SMILES string of the molecule is CCCCCNc1ncc(C(=O)NCCOC)cn1. The third-order valence-electron chi connectivity index (χ3n) is 2.57. The van der Waals surface area contributed by atoms with Gasteiger partial charge in [0.05, 0.1) is 12.2 Å². The lowest BCUT2D eigenvalue weighted by Gasteiger charge is -2.06. The summed E-state index contributed by atoms with van der Waals surface area (Å²) in [6.07, 6.45) is 6.52. The molecule has 1 amide bonds. The number of unbranched alkanes of at least 4 members (excludes halogenated alkanes) is 2. The van der Waals surface area contributed by atoms with Crippen LogP contribution in [0.15, 0.2) is 12.4 Å². The number of ether oxygens (including phenoxy) is 1. The molecule has 0 fully saturated rings. The van der Waals surface area contributed by atoms with Crippen LogP contribution in [0.3, 0.4) is 0 Å². The number of hydrogen-bond acceptors (Lipinski definition) is 5. The van der Waals surface area contributed by atoms with E-state index in [4.69, 9.17) is 4.74 Å². The van der Waals surface area contributed by atoms with Gasteiger partial charge in [0.1, 0.15) is 0 Å². The molecular weight excluding hydrogens is 244 g/mol. The predicted octanol–water partition coefficient (Wildman–Crippen LogP) is 1.45. The number of nitrogens with zero attached hydrogens (tertiary/aromatic N) is 2. The van der Waals surface area contributed by atoms with E-state index >= 15 is 0 Å². The third-order valence-corrected chi connectivity index (χ3v) is 2.57. The van der Waals surface area contributed by atoms with Crippen LogP contribution in [0.5, 0.6) is 0 Å². The number of anilines is 1. The summed E-state index contributed by atoms with van der Waals surface area (Å²) >= 11 is 0. The Labute approximate surface area is 114 Å². The Kier molecular flexibility index (Phi) is 7.50. The molecule has 0 aliphatic carbocycles. The second kappa shape index (κ2) is 9.27. The van der Waals surface area contributed by atoms with Crippen molar-refractivity contribution < 1.29 is 9.53 Å². The van der Waals surface area contributed by atoms with Crippen LogP contribution < -0.4 is 10.6 Å². The maximum atomic E-state index is 11.7. The van der Waals surface area contributed by atoms with Crippen LogP contribution >= 0.6 is 0 Å². The summed E-state index contributed by atoms with van der Waals surface area (Å²) in [5.41, 5.74) is 0.454. The molecular formula is C13H22N4O2. The molecule has 1 rings (SSSR count). The molecule has 0 aliphatic heterocycles. The number of hydrogen-bond donors (Lipinski definition) is 2. The van der Waals surface area contributed by atoms with Crippen molar-refractivity contribution in [1.29, 1.82) is 0 Å². The third kappa shape index (κ3) is 6.15. The highest BCUT2D eigenvalue weighted by atomic mass is 16.5. The molecule has 106 valence electrons. The van der Waals surface area contributed by atoms with Gasteiger partial charge in [-0.25, -0.2) is 9.97 Å². The van der Waals surface area contributed by atoms with Gasteiger partial charge in [-0.2, -0.15) is 0 Å². The lowest BCUT2D eigenvalue weighted by molar-refractivity contribution is 0.0936. The van der Waals surface area contributed by atoms with Crippen molar-refractivity contribution in [3.05, 3.63) is 18.0 Å². The average Bonchev–Trinajstić information content (AvgIpc) is 2.44. The van der Waals surface area contributed by atoms with Crippen LogP contribution in [0.4, 0.5) is 5.95 Å². The van der Waals surface area contributed by atoms with Crippen molar-refractivity contribution in [1.82, 2.24) is 15.3 Å². The van der Waals surface area contributed by atoms with Crippen molar-refractivity contribution in [3.63, 3.8) is 0 Å². The zero-order valence-corrected chi connectivity index (χ0v) is 11.6. The minimum atomic E-state index is -0.186. The van der Waals surface area contributed by atoms with Gasteiger partial charge in [0.25, 0.3) is 5.91 Å². The van der Waals surface area contributed by atoms with Crippen LogP contribution in [0.25, 0.3) is 0 Å². The van der Waals surface area contributed by atoms with E-state index in [0.717, 1.165) is 13.0 Å². The summed E-state index contributed by atoms with van der Waals surface area (Å²) in [7, 11) is 1.59. The summed E-state index contributed by atoms with van der Waals surface area (Å²) in [5.74, 6) is 0.374. The van der Waals surface area contributed by atoms with Crippen molar-refractivity contribution in [2.75, 3.05) is 32.1 Å². The van der Waals surface area contributed by atoms with Gasteiger partial charge in [-0.15, -0.1) is 0 Å². The Morgan fingerprint density at radius 1 is 1.26 bits per heavy atom. The minimum Gasteiger partial charge on any atom is -0.383 e. The largest absolute Gasteiger partial charge is 0.383 e. The van der Waals surface area contributed by atoms with Crippen LogP contribution in [0.1, 0.15) is 36.5 Å². The first-order chi connectivity index (χ1) is 9.27. The Bertz CT molecular complexity index is 367. The lowest BCUT2D eigenvalue weighted by atomic mass is 10.2. The van der Waals surface area contributed by atoms with E-state index in [-0.39, 0.29) is 5.91 Å². The maximum absolute atomic E-state index is 11.7. The highest BCUT2D eigenvalue weighted by Gasteiger charge is 2.06. The Morgan fingerprint density at radius 3 is 2.63 bits per heavy atom. The molecule has 0 radical (unpaired) electrons. The highest BCUT2D eigenvalue weighted by molar-refractivity contribution is 5.93. The highest BCUT2D eigenvalue weighted by Crippen LogP contribution is 2.01. The van der Waals surface area contributed by atoms with E-state index in [1.54, 1.807) is 7.11 Å². The van der Waals surface area contributed by atoms with E-state index in [9.17, 15) is 4.79 Å². The van der Waals surface area contributed by atoms with Gasteiger partial charge in [-0.1, -0.05) is 19.8 Å². The molecule has 0 unspecified atom stereocenters. The first kappa shape index (κ1) is 15.4. The second-order valence-electron chi connectivity index (χ2n) is 4.18. The van der Waals surface area contributed by atoms with Crippen molar-refractivity contribution in [2.45, 2.75) is 26.2 Å². The Hall–Kier alpha value is -1.69. The minimum absolute atomic E-state index is 0.186. The number of nitrogens with one attached hydrogen (secondary N) is 2. The molecule has 0 atom stereocenters. The zero-order valence-electron chi connectivity index (χ0n) is 11.6. The normalized spacial score (nSPS) is 10.2. The van der Waals surface area contributed by atoms with E-state index in [1.165, 1.54) is 25.2 Å². The number of amides is 1. The zero-order chi connectivity index (χ0) is 13.9. The fraction of sp³-hybridized carbons (Fsp3) is 0.615. The molecule has 0 bridgehead atoms. The summed E-state index contributed by atoms with van der Waals surface area (Å²) in [4.78, 5) is 19.9. The molecule has 6 heteroatoms. The summed E-state index contributed by atoms with van der Waals surface area (Å²) in [6.45, 7) is 3.98. The van der Waals surface area contributed by atoms with Gasteiger partial charge in [0.15, 0.2) is 0 Å². The molecule has 2 N–H and O–H groups in total. The van der Waals surface area contributed by atoms with Crippen molar-refractivity contribution >= 4 is 11.9 Å². The van der Waals surface area contributed by atoms with Gasteiger partial charge in [0, 0.05) is 32.6 Å². The molecule has 1 heterocycles. The fourth-order valence-electron chi connectivity index (χ4n) is 1.48. The molecule has 6 nitrogen and oxygen atoms in total. The van der Waals surface area contributed by atoms with E-state index in [2.05, 4.69) is 27.5 Å². The van der Waals surface area contributed by atoms with Gasteiger partial charge in [-0.05, 0) is 6.42 Å². The molecule has 0 saturated heterocycles. The summed E-state index contributed by atoms with van der Waals surface area (Å²) < 4.78 is 4.86. The molecule has 0 aromatic carbocycles. The molecule has 1 aromatic heterocycles. The van der Waals surface area contributed by atoms with Crippen LogP contribution in [-0.4, -0.2) is 42.7 Å². The number of carbonyl (C=O) groups is 1. The van der Waals surface area contributed by atoms with Crippen molar-refractivity contribution in [3.8, 4) is 0 Å². The topological polar surface area (TPSA) is 76.1 Å². The molecule has 19 heavy (non-hydrogen) atoms. The quantitative estimate of drug-likeness (QED) is 0.662. The van der Waals surface area contributed by atoms with E-state index in [0.29, 0.717) is 24.7 Å². The lowest BCUT2D eigenvalue weighted by Crippen LogP contribution is -2.27. The average molecular weight is 266 g/mol. The van der Waals surface area contributed by atoms with Crippen LogP contribution in [-0.2, 0) is 4.74 Å². The van der Waals surface area contributed by atoms with Crippen LogP contribution in [0, 0.1) is 0 Å². The van der Waals surface area contributed by atoms with Gasteiger partial charge < -0.3 is 15.4 Å². The van der Waals surface area contributed by atoms with Gasteiger partial charge >= 0.3 is 0 Å². The standard InChI is InChI=1S/C13H22N4O2/c1-3-4-5-6-15-13-16-9-11(10-17-13)12(18)14-7-8-19-2/h9-10H,3-8H2,1-2H3,(H,14,18)(H,15,16,17). The summed E-state index contributed by atoms with van der Waals surface area (Å²) in [5, 5.41) is 5.84. The molecule has 1 aromatic rings. The molecule has 0 aliphatic rings. The van der Waals surface area contributed by atoms with Gasteiger partial charge in [0.2, 0.25) is 5.95 Å². The Balaban J connectivity index is 2.36. The first-order valence-electron chi connectivity index (χ1n) is 6.61.